The summed E-state index contributed by atoms with van der Waals surface area (Å²) in [6.07, 6.45) is 0. The van der Waals surface area contributed by atoms with Crippen molar-refractivity contribution in [2.45, 2.75) is 18.2 Å². The molecule has 0 spiro atoms. The van der Waals surface area contributed by atoms with E-state index in [1.807, 2.05) is 30.3 Å². The molecule has 1 heterocycles. The molecule has 2 aromatic rings. The van der Waals surface area contributed by atoms with Gasteiger partial charge in [-0.2, -0.15) is 12.8 Å². The zero-order valence-corrected chi connectivity index (χ0v) is 12.6. The molecule has 0 atom stereocenters. The maximum absolute atomic E-state index is 12.0. The Labute approximate surface area is 121 Å². The Bertz CT molecular complexity index is 709. The van der Waals surface area contributed by atoms with Gasteiger partial charge in [-0.15, -0.1) is 4.40 Å². The lowest BCUT2D eigenvalue weighted by Gasteiger charge is -1.99. The third-order valence-electron chi connectivity index (χ3n) is 2.26. The lowest BCUT2D eigenvalue weighted by Crippen LogP contribution is -2.05. The third kappa shape index (κ3) is 3.40. The van der Waals surface area contributed by atoms with Gasteiger partial charge in [-0.1, -0.05) is 30.3 Å². The Hall–Kier alpha value is -1.80. The molecule has 0 radical (unpaired) electrons. The van der Waals surface area contributed by atoms with Crippen LogP contribution in [0.15, 0.2) is 39.1 Å². The molecule has 0 N–H and O–H groups in total. The van der Waals surface area contributed by atoms with E-state index in [1.165, 1.54) is 6.92 Å². The molecule has 0 saturated carbocycles. The van der Waals surface area contributed by atoms with Crippen LogP contribution < -0.4 is 0 Å². The zero-order valence-electron chi connectivity index (χ0n) is 11.0. The molecule has 0 aliphatic rings. The fourth-order valence-corrected chi connectivity index (χ4v) is 3.17. The van der Waals surface area contributed by atoms with Crippen molar-refractivity contribution >= 4 is 27.5 Å². The first-order chi connectivity index (χ1) is 9.53. The number of hydrogen-bond donors (Lipinski definition) is 0. The molecule has 0 aliphatic carbocycles. The van der Waals surface area contributed by atoms with Gasteiger partial charge in [0.15, 0.2) is 11.7 Å². The summed E-state index contributed by atoms with van der Waals surface area (Å²) in [7, 11) is -3.86. The Kier molecular flexibility index (Phi) is 4.46. The van der Waals surface area contributed by atoms with E-state index in [1.54, 1.807) is 6.92 Å². The summed E-state index contributed by atoms with van der Waals surface area (Å²) in [6, 6.07) is 9.16. The molecule has 0 saturated heterocycles. The van der Waals surface area contributed by atoms with Crippen molar-refractivity contribution in [3.8, 4) is 11.4 Å². The van der Waals surface area contributed by atoms with Crippen molar-refractivity contribution in [2.24, 2.45) is 4.40 Å². The van der Waals surface area contributed by atoms with Gasteiger partial charge in [-0.05, 0) is 6.92 Å². The van der Waals surface area contributed by atoms with Gasteiger partial charge in [-0.25, -0.2) is 4.98 Å². The first kappa shape index (κ1) is 14.6. The van der Waals surface area contributed by atoms with E-state index in [0.29, 0.717) is 12.4 Å². The standard InChI is InChI=1S/C12H13N3O3S2/c1-3-18-9(2)15-20(16,17)12-13-11(14-19-12)10-7-5-4-6-8-10/h4-8H,3H2,1-2H3/b15-9-. The van der Waals surface area contributed by atoms with Crippen LogP contribution in [-0.2, 0) is 14.8 Å². The number of nitrogens with zero attached hydrogens (tertiary/aromatic N) is 3. The molecular weight excluding hydrogens is 298 g/mol. The largest absolute Gasteiger partial charge is 0.481 e. The molecule has 6 nitrogen and oxygen atoms in total. The summed E-state index contributed by atoms with van der Waals surface area (Å²) >= 11 is 0.800. The van der Waals surface area contributed by atoms with Gasteiger partial charge in [0.1, 0.15) is 0 Å². The van der Waals surface area contributed by atoms with Crippen LogP contribution in [0.5, 0.6) is 0 Å². The summed E-state index contributed by atoms with van der Waals surface area (Å²) in [5.41, 5.74) is 0.760. The Morgan fingerprint density at radius 1 is 1.35 bits per heavy atom. The van der Waals surface area contributed by atoms with Crippen LogP contribution in [0.2, 0.25) is 0 Å². The SMILES string of the molecule is CCO/C(C)=N\S(=O)(=O)c1nc(-c2ccccc2)ns1. The average Bonchev–Trinajstić information content (AvgIpc) is 2.90. The van der Waals surface area contributed by atoms with E-state index < -0.39 is 10.0 Å². The molecule has 0 bridgehead atoms. The van der Waals surface area contributed by atoms with Crippen molar-refractivity contribution in [3.05, 3.63) is 30.3 Å². The molecule has 2 rings (SSSR count). The molecule has 0 aliphatic heterocycles. The van der Waals surface area contributed by atoms with E-state index in [-0.39, 0.29) is 10.2 Å². The minimum absolute atomic E-state index is 0.0870. The van der Waals surface area contributed by atoms with E-state index in [9.17, 15) is 8.42 Å². The highest BCUT2D eigenvalue weighted by atomic mass is 32.2. The maximum Gasteiger partial charge on any atom is 0.314 e. The van der Waals surface area contributed by atoms with Gasteiger partial charge in [-0.3, -0.25) is 0 Å². The fourth-order valence-electron chi connectivity index (χ4n) is 1.46. The Morgan fingerprint density at radius 2 is 2.05 bits per heavy atom. The van der Waals surface area contributed by atoms with Gasteiger partial charge in [0.05, 0.1) is 6.61 Å². The summed E-state index contributed by atoms with van der Waals surface area (Å²) < 4.78 is 36.5. The summed E-state index contributed by atoms with van der Waals surface area (Å²) in [5.74, 6) is 0.461. The lowest BCUT2D eigenvalue weighted by atomic mass is 10.2. The van der Waals surface area contributed by atoms with Gasteiger partial charge in [0, 0.05) is 24.0 Å². The normalized spacial score (nSPS) is 12.4. The second kappa shape index (κ2) is 6.10. The maximum atomic E-state index is 12.0. The number of benzene rings is 1. The van der Waals surface area contributed by atoms with Crippen LogP contribution in [0.4, 0.5) is 0 Å². The van der Waals surface area contributed by atoms with E-state index in [2.05, 4.69) is 13.8 Å². The smallest absolute Gasteiger partial charge is 0.314 e. The highest BCUT2D eigenvalue weighted by Crippen LogP contribution is 2.22. The van der Waals surface area contributed by atoms with Gasteiger partial charge in [0.25, 0.3) is 4.34 Å². The van der Waals surface area contributed by atoms with Crippen molar-refractivity contribution in [2.75, 3.05) is 6.61 Å². The van der Waals surface area contributed by atoms with E-state index in [4.69, 9.17) is 4.74 Å². The van der Waals surface area contributed by atoms with Crippen molar-refractivity contribution in [1.82, 2.24) is 9.36 Å². The van der Waals surface area contributed by atoms with Crippen LogP contribution >= 0.6 is 11.5 Å². The number of ether oxygens (including phenoxy) is 1. The van der Waals surface area contributed by atoms with Crippen molar-refractivity contribution < 1.29 is 13.2 Å². The average molecular weight is 311 g/mol. The molecular formula is C12H13N3O3S2. The molecule has 106 valence electrons. The highest BCUT2D eigenvalue weighted by molar-refractivity contribution is 7.92. The molecule has 0 amide bonds. The van der Waals surface area contributed by atoms with Gasteiger partial charge >= 0.3 is 10.0 Å². The second-order valence-electron chi connectivity index (χ2n) is 3.77. The lowest BCUT2D eigenvalue weighted by molar-refractivity contribution is 0.325. The number of rotatable bonds is 4. The molecule has 20 heavy (non-hydrogen) atoms. The predicted molar refractivity (Wildman–Crippen MR) is 77.3 cm³/mol. The quantitative estimate of drug-likeness (QED) is 0.639. The summed E-state index contributed by atoms with van der Waals surface area (Å²) in [4.78, 5) is 4.02. The van der Waals surface area contributed by atoms with Crippen molar-refractivity contribution in [3.63, 3.8) is 0 Å². The van der Waals surface area contributed by atoms with E-state index in [0.717, 1.165) is 17.1 Å². The van der Waals surface area contributed by atoms with Crippen LogP contribution in [0.25, 0.3) is 11.4 Å². The zero-order chi connectivity index (χ0) is 14.6. The van der Waals surface area contributed by atoms with Gasteiger partial charge in [0.2, 0.25) is 0 Å². The number of aromatic nitrogens is 2. The van der Waals surface area contributed by atoms with Crippen LogP contribution in [0, 0.1) is 0 Å². The minimum atomic E-state index is -3.86. The second-order valence-corrected chi connectivity index (χ2v) is 6.30. The monoisotopic (exact) mass is 311 g/mol. The molecule has 8 heteroatoms. The summed E-state index contributed by atoms with van der Waals surface area (Å²) in [6.45, 7) is 3.60. The third-order valence-corrected chi connectivity index (χ3v) is 4.66. The molecule has 0 unspecified atom stereocenters. The Balaban J connectivity index is 2.31. The topological polar surface area (TPSA) is 81.5 Å². The van der Waals surface area contributed by atoms with Gasteiger partial charge < -0.3 is 4.74 Å². The number of sulfonamides is 1. The minimum Gasteiger partial charge on any atom is -0.481 e. The summed E-state index contributed by atoms with van der Waals surface area (Å²) in [5, 5.41) is 0. The first-order valence-corrected chi connectivity index (χ1v) is 8.08. The van der Waals surface area contributed by atoms with E-state index >= 15 is 0 Å². The van der Waals surface area contributed by atoms with Crippen LogP contribution in [-0.4, -0.2) is 30.3 Å². The number of hydrogen-bond acceptors (Lipinski definition) is 6. The Morgan fingerprint density at radius 3 is 2.70 bits per heavy atom. The molecule has 1 aromatic carbocycles. The highest BCUT2D eigenvalue weighted by Gasteiger charge is 2.20. The predicted octanol–water partition coefficient (Wildman–Crippen LogP) is 2.35. The molecule has 0 fully saturated rings. The van der Waals surface area contributed by atoms with Crippen LogP contribution in [0.3, 0.4) is 0 Å². The molecule has 1 aromatic heterocycles. The first-order valence-electron chi connectivity index (χ1n) is 5.86. The van der Waals surface area contributed by atoms with Crippen molar-refractivity contribution in [1.29, 1.82) is 0 Å². The van der Waals surface area contributed by atoms with Crippen LogP contribution in [0.1, 0.15) is 13.8 Å². The fraction of sp³-hybridized carbons (Fsp3) is 0.250.